The Morgan fingerprint density at radius 1 is 1.09 bits per heavy atom. The molecule has 0 unspecified atom stereocenters. The minimum Gasteiger partial charge on any atom is -0.493 e. The highest BCUT2D eigenvalue weighted by Crippen LogP contribution is 2.30. The van der Waals surface area contributed by atoms with Crippen molar-refractivity contribution in [3.8, 4) is 11.5 Å². The number of amides is 1. The van der Waals surface area contributed by atoms with E-state index < -0.39 is 12.6 Å². The summed E-state index contributed by atoms with van der Waals surface area (Å²) >= 11 is 0. The van der Waals surface area contributed by atoms with Crippen molar-refractivity contribution in [3.63, 3.8) is 0 Å². The van der Waals surface area contributed by atoms with E-state index in [1.807, 2.05) is 18.2 Å². The average molecular weight is 459 g/mol. The Labute approximate surface area is 191 Å². The van der Waals surface area contributed by atoms with Gasteiger partial charge in [0.05, 0.1) is 7.11 Å². The van der Waals surface area contributed by atoms with Crippen molar-refractivity contribution in [2.75, 3.05) is 26.8 Å². The zero-order valence-electron chi connectivity index (χ0n) is 18.4. The number of esters is 1. The monoisotopic (exact) mass is 459 g/mol. The van der Waals surface area contributed by atoms with Crippen LogP contribution in [0.25, 0.3) is 6.08 Å². The van der Waals surface area contributed by atoms with Crippen LogP contribution in [0.5, 0.6) is 11.5 Å². The number of rotatable bonds is 9. The molecule has 0 aliphatic carbocycles. The van der Waals surface area contributed by atoms with Crippen LogP contribution in [0.1, 0.15) is 24.0 Å². The number of nitrogens with zero attached hydrogens (tertiary/aromatic N) is 1. The van der Waals surface area contributed by atoms with E-state index in [0.29, 0.717) is 24.6 Å². The normalized spacial score (nSPS) is 14.5. The molecule has 0 N–H and O–H groups in total. The van der Waals surface area contributed by atoms with Crippen LogP contribution in [0.2, 0.25) is 0 Å². The van der Waals surface area contributed by atoms with Gasteiger partial charge in [-0.25, -0.2) is 4.79 Å². The summed E-state index contributed by atoms with van der Waals surface area (Å²) in [6, 6.07) is 14.6. The molecule has 1 fully saturated rings. The number of hydrogen-bond acceptors (Lipinski definition) is 5. The summed E-state index contributed by atoms with van der Waals surface area (Å²) in [7, 11) is 1.32. The molecule has 0 atom stereocenters. The van der Waals surface area contributed by atoms with E-state index >= 15 is 0 Å². The van der Waals surface area contributed by atoms with Gasteiger partial charge in [0.15, 0.2) is 18.1 Å². The first-order chi connectivity index (χ1) is 15.9. The molecule has 0 bridgehead atoms. The van der Waals surface area contributed by atoms with E-state index in [2.05, 4.69) is 16.9 Å². The maximum Gasteiger partial charge on any atom is 0.387 e. The number of alkyl halides is 2. The van der Waals surface area contributed by atoms with Crippen molar-refractivity contribution in [1.82, 2.24) is 4.90 Å². The van der Waals surface area contributed by atoms with Crippen LogP contribution in [-0.2, 0) is 20.7 Å². The van der Waals surface area contributed by atoms with Crippen molar-refractivity contribution < 1.29 is 32.6 Å². The number of methoxy groups -OCH3 is 1. The van der Waals surface area contributed by atoms with Crippen LogP contribution in [0.4, 0.5) is 8.78 Å². The Balaban J connectivity index is 1.42. The van der Waals surface area contributed by atoms with Crippen LogP contribution < -0.4 is 9.47 Å². The molecule has 1 saturated heterocycles. The number of hydrogen-bond donors (Lipinski definition) is 0. The smallest absolute Gasteiger partial charge is 0.387 e. The molecule has 0 radical (unpaired) electrons. The lowest BCUT2D eigenvalue weighted by molar-refractivity contribution is -0.148. The maximum atomic E-state index is 12.4. The maximum absolute atomic E-state index is 12.4. The van der Waals surface area contributed by atoms with Crippen molar-refractivity contribution in [2.45, 2.75) is 25.9 Å². The Morgan fingerprint density at radius 3 is 2.48 bits per heavy atom. The minimum atomic E-state index is -2.97. The second-order valence-corrected chi connectivity index (χ2v) is 7.74. The quantitative estimate of drug-likeness (QED) is 0.413. The summed E-state index contributed by atoms with van der Waals surface area (Å²) in [4.78, 5) is 26.1. The molecular weight excluding hydrogens is 432 g/mol. The highest BCUT2D eigenvalue weighted by atomic mass is 19.3. The number of carbonyl (C=O) groups is 2. The molecule has 176 valence electrons. The molecule has 1 aliphatic rings. The van der Waals surface area contributed by atoms with E-state index in [9.17, 15) is 18.4 Å². The summed E-state index contributed by atoms with van der Waals surface area (Å²) in [6.07, 6.45) is 5.45. The van der Waals surface area contributed by atoms with Crippen LogP contribution in [-0.4, -0.2) is 50.2 Å². The summed E-state index contributed by atoms with van der Waals surface area (Å²) in [5, 5.41) is 0. The Morgan fingerprint density at radius 2 is 1.82 bits per heavy atom. The molecule has 1 heterocycles. The fourth-order valence-corrected chi connectivity index (χ4v) is 3.75. The van der Waals surface area contributed by atoms with Crippen molar-refractivity contribution in [3.05, 3.63) is 65.7 Å². The van der Waals surface area contributed by atoms with E-state index in [1.54, 1.807) is 4.90 Å². The molecule has 2 aromatic carbocycles. The standard InChI is InChI=1S/C25H27F2NO5/c1-31-22-16-19(7-9-21(22)33-25(26)27)8-10-24(30)32-17-23(29)28-13-11-20(12-14-28)15-18-5-3-2-4-6-18/h2-10,16,20,25H,11-15,17H2,1H3. The summed E-state index contributed by atoms with van der Waals surface area (Å²) < 4.78 is 39.2. The SMILES string of the molecule is COc1cc(C=CC(=O)OCC(=O)N2CCC(Cc3ccccc3)CC2)ccc1OC(F)F. The molecule has 3 rings (SSSR count). The number of carbonyl (C=O) groups excluding carboxylic acids is 2. The molecule has 1 amide bonds. The van der Waals surface area contributed by atoms with Gasteiger partial charge >= 0.3 is 12.6 Å². The van der Waals surface area contributed by atoms with Gasteiger partial charge in [-0.15, -0.1) is 0 Å². The van der Waals surface area contributed by atoms with Gasteiger partial charge in [0, 0.05) is 19.2 Å². The summed E-state index contributed by atoms with van der Waals surface area (Å²) in [5.41, 5.74) is 1.83. The Kier molecular flexibility index (Phi) is 8.80. The highest BCUT2D eigenvalue weighted by Gasteiger charge is 2.23. The Bertz CT molecular complexity index is 957. The lowest BCUT2D eigenvalue weighted by Crippen LogP contribution is -2.41. The first kappa shape index (κ1) is 24.2. The van der Waals surface area contributed by atoms with Crippen LogP contribution >= 0.6 is 0 Å². The van der Waals surface area contributed by atoms with Gasteiger partial charge in [0.1, 0.15) is 0 Å². The van der Waals surface area contributed by atoms with Gasteiger partial charge in [-0.3, -0.25) is 4.79 Å². The third-order valence-electron chi connectivity index (χ3n) is 5.49. The first-order valence-electron chi connectivity index (χ1n) is 10.7. The lowest BCUT2D eigenvalue weighted by Gasteiger charge is -2.32. The predicted molar refractivity (Wildman–Crippen MR) is 119 cm³/mol. The second-order valence-electron chi connectivity index (χ2n) is 7.74. The minimum absolute atomic E-state index is 0.106. The zero-order chi connectivity index (χ0) is 23.6. The molecule has 1 aliphatic heterocycles. The van der Waals surface area contributed by atoms with Gasteiger partial charge in [0.2, 0.25) is 0 Å². The molecule has 2 aromatic rings. The first-order valence-corrected chi connectivity index (χ1v) is 10.7. The molecule has 0 spiro atoms. The van der Waals surface area contributed by atoms with Gasteiger partial charge in [0.25, 0.3) is 5.91 Å². The topological polar surface area (TPSA) is 65.1 Å². The number of halogens is 2. The summed E-state index contributed by atoms with van der Waals surface area (Å²) in [6.45, 7) is -1.99. The van der Waals surface area contributed by atoms with E-state index in [-0.39, 0.29) is 24.0 Å². The third kappa shape index (κ3) is 7.59. The molecular formula is C25H27F2NO5. The number of likely N-dealkylation sites (tertiary alicyclic amines) is 1. The molecule has 8 heteroatoms. The van der Waals surface area contributed by atoms with E-state index in [4.69, 9.17) is 9.47 Å². The fourth-order valence-electron chi connectivity index (χ4n) is 3.75. The highest BCUT2D eigenvalue weighted by molar-refractivity contribution is 5.89. The average Bonchev–Trinajstić information content (AvgIpc) is 2.82. The molecule has 33 heavy (non-hydrogen) atoms. The molecule has 0 saturated carbocycles. The molecule has 6 nitrogen and oxygen atoms in total. The van der Waals surface area contributed by atoms with E-state index in [0.717, 1.165) is 19.3 Å². The van der Waals surface area contributed by atoms with E-state index in [1.165, 1.54) is 43.0 Å². The third-order valence-corrected chi connectivity index (χ3v) is 5.49. The van der Waals surface area contributed by atoms with Crippen LogP contribution in [0.15, 0.2) is 54.6 Å². The van der Waals surface area contributed by atoms with Crippen molar-refractivity contribution >= 4 is 18.0 Å². The fraction of sp³-hybridized carbons (Fsp3) is 0.360. The van der Waals surface area contributed by atoms with Gasteiger partial charge in [-0.1, -0.05) is 36.4 Å². The zero-order valence-corrected chi connectivity index (χ0v) is 18.4. The number of ether oxygens (including phenoxy) is 3. The number of piperidine rings is 1. The summed E-state index contributed by atoms with van der Waals surface area (Å²) in [5.74, 6) is -0.349. The lowest BCUT2D eigenvalue weighted by atomic mass is 9.90. The second kappa shape index (κ2) is 12.0. The van der Waals surface area contributed by atoms with Gasteiger partial charge in [-0.05, 0) is 54.5 Å². The predicted octanol–water partition coefficient (Wildman–Crippen LogP) is 4.33. The largest absolute Gasteiger partial charge is 0.493 e. The number of benzene rings is 2. The van der Waals surface area contributed by atoms with Crippen LogP contribution in [0.3, 0.4) is 0 Å². The van der Waals surface area contributed by atoms with Gasteiger partial charge < -0.3 is 19.1 Å². The Hall–Kier alpha value is -3.42. The van der Waals surface area contributed by atoms with Crippen molar-refractivity contribution in [2.24, 2.45) is 5.92 Å². The van der Waals surface area contributed by atoms with Crippen LogP contribution in [0, 0.1) is 5.92 Å². The van der Waals surface area contributed by atoms with Crippen molar-refractivity contribution in [1.29, 1.82) is 0 Å². The van der Waals surface area contributed by atoms with Gasteiger partial charge in [-0.2, -0.15) is 8.78 Å². The molecule has 0 aromatic heterocycles.